The number of rotatable bonds is 4. The van der Waals surface area contributed by atoms with E-state index in [1.54, 1.807) is 6.07 Å². The molecule has 31 heavy (non-hydrogen) atoms. The van der Waals surface area contributed by atoms with Crippen molar-refractivity contribution in [3.05, 3.63) is 59.8 Å². The Labute approximate surface area is 181 Å². The Bertz CT molecular complexity index is 1140. The first-order valence-electron chi connectivity index (χ1n) is 10.9. The third kappa shape index (κ3) is 3.78. The fraction of sp³-hybridized carbons (Fsp3) is 0.360. The maximum atomic E-state index is 13.0. The molecule has 160 valence electrons. The summed E-state index contributed by atoms with van der Waals surface area (Å²) in [6, 6.07) is 15.6. The monoisotopic (exact) mass is 418 g/mol. The van der Waals surface area contributed by atoms with Gasteiger partial charge in [0.25, 0.3) is 0 Å². The largest absolute Gasteiger partial charge is 0.486 e. The highest BCUT2D eigenvalue weighted by Gasteiger charge is 2.29. The van der Waals surface area contributed by atoms with E-state index in [0.717, 1.165) is 16.6 Å². The summed E-state index contributed by atoms with van der Waals surface area (Å²) < 4.78 is 13.2. The number of piperidine rings is 1. The van der Waals surface area contributed by atoms with Gasteiger partial charge in [0.2, 0.25) is 5.91 Å². The molecule has 2 aliphatic heterocycles. The molecule has 0 N–H and O–H groups in total. The minimum Gasteiger partial charge on any atom is -0.486 e. The van der Waals surface area contributed by atoms with E-state index in [1.807, 2.05) is 42.2 Å². The van der Waals surface area contributed by atoms with Crippen LogP contribution in [0.2, 0.25) is 0 Å². The van der Waals surface area contributed by atoms with Gasteiger partial charge in [-0.1, -0.05) is 18.2 Å². The van der Waals surface area contributed by atoms with Gasteiger partial charge in [-0.05, 0) is 55.5 Å². The summed E-state index contributed by atoms with van der Waals surface area (Å²) >= 11 is 0. The number of para-hydroxylation sites is 1. The normalized spacial score (nSPS) is 16.5. The van der Waals surface area contributed by atoms with Gasteiger partial charge in [0.05, 0.1) is 0 Å². The van der Waals surface area contributed by atoms with Crippen LogP contribution in [0.5, 0.6) is 11.5 Å². The Morgan fingerprint density at radius 3 is 2.52 bits per heavy atom. The number of carbonyl (C=O) groups is 2. The van der Waals surface area contributed by atoms with Crippen LogP contribution in [0.1, 0.15) is 28.9 Å². The number of hydrogen-bond donors (Lipinski definition) is 0. The van der Waals surface area contributed by atoms with Gasteiger partial charge in [-0.3, -0.25) is 9.59 Å². The van der Waals surface area contributed by atoms with Crippen molar-refractivity contribution in [2.45, 2.75) is 26.3 Å². The van der Waals surface area contributed by atoms with Crippen molar-refractivity contribution in [1.29, 1.82) is 0 Å². The zero-order chi connectivity index (χ0) is 21.4. The van der Waals surface area contributed by atoms with Crippen LogP contribution < -0.4 is 9.47 Å². The molecule has 0 unspecified atom stereocenters. The fourth-order valence-corrected chi connectivity index (χ4v) is 4.62. The number of aromatic nitrogens is 1. The average Bonchev–Trinajstić information content (AvgIpc) is 3.13. The van der Waals surface area contributed by atoms with E-state index < -0.39 is 0 Å². The van der Waals surface area contributed by atoms with Crippen molar-refractivity contribution in [2.75, 3.05) is 26.3 Å². The van der Waals surface area contributed by atoms with Crippen LogP contribution in [0.3, 0.4) is 0 Å². The Balaban J connectivity index is 1.22. The number of ketones is 1. The van der Waals surface area contributed by atoms with Crippen LogP contribution in [0.4, 0.5) is 0 Å². The van der Waals surface area contributed by atoms with Crippen LogP contribution in [-0.4, -0.2) is 47.5 Å². The van der Waals surface area contributed by atoms with Gasteiger partial charge in [0.15, 0.2) is 17.3 Å². The van der Waals surface area contributed by atoms with E-state index in [9.17, 15) is 9.59 Å². The van der Waals surface area contributed by atoms with Gasteiger partial charge in [-0.15, -0.1) is 0 Å². The van der Waals surface area contributed by atoms with Crippen molar-refractivity contribution < 1.29 is 19.1 Å². The molecular formula is C25H26N2O4. The van der Waals surface area contributed by atoms with E-state index in [2.05, 4.69) is 16.7 Å². The zero-order valence-corrected chi connectivity index (χ0v) is 17.7. The molecule has 2 aliphatic rings. The lowest BCUT2D eigenvalue weighted by atomic mass is 9.88. The van der Waals surface area contributed by atoms with Gasteiger partial charge in [-0.25, -0.2) is 0 Å². The van der Waals surface area contributed by atoms with Crippen molar-refractivity contribution in [3.8, 4) is 11.5 Å². The van der Waals surface area contributed by atoms with Gasteiger partial charge in [0, 0.05) is 35.8 Å². The van der Waals surface area contributed by atoms with Crippen molar-refractivity contribution >= 4 is 22.6 Å². The van der Waals surface area contributed by atoms with Crippen molar-refractivity contribution in [2.24, 2.45) is 5.92 Å². The summed E-state index contributed by atoms with van der Waals surface area (Å²) in [6.07, 6.45) is 1.37. The molecule has 3 aromatic rings. The molecule has 0 atom stereocenters. The number of nitrogens with zero attached hydrogens (tertiary/aromatic N) is 2. The molecule has 6 heteroatoms. The molecule has 3 heterocycles. The number of fused-ring (bicyclic) bond motifs is 2. The number of likely N-dealkylation sites (tertiary alicyclic amines) is 1. The van der Waals surface area contributed by atoms with Gasteiger partial charge >= 0.3 is 0 Å². The maximum Gasteiger partial charge on any atom is 0.242 e. The molecule has 2 aromatic carbocycles. The fourth-order valence-electron chi connectivity index (χ4n) is 4.62. The first-order chi connectivity index (χ1) is 15.1. The van der Waals surface area contributed by atoms with Crippen molar-refractivity contribution in [3.63, 3.8) is 0 Å². The lowest BCUT2D eigenvalue weighted by molar-refractivity contribution is -0.133. The number of hydrogen-bond acceptors (Lipinski definition) is 4. The Morgan fingerprint density at radius 2 is 1.71 bits per heavy atom. The van der Waals surface area contributed by atoms with Crippen LogP contribution in [0.25, 0.3) is 10.9 Å². The Kier molecular flexibility index (Phi) is 5.14. The second-order valence-corrected chi connectivity index (χ2v) is 8.31. The van der Waals surface area contributed by atoms with Gasteiger partial charge in [0.1, 0.15) is 19.8 Å². The highest BCUT2D eigenvalue weighted by molar-refractivity contribution is 5.98. The summed E-state index contributed by atoms with van der Waals surface area (Å²) in [6.45, 7) is 4.62. The third-order valence-corrected chi connectivity index (χ3v) is 6.36. The number of aryl methyl sites for hydroxylation is 1. The van der Waals surface area contributed by atoms with Crippen LogP contribution >= 0.6 is 0 Å². The van der Waals surface area contributed by atoms with E-state index >= 15 is 0 Å². The first kappa shape index (κ1) is 19.7. The number of amides is 1. The lowest BCUT2D eigenvalue weighted by Gasteiger charge is -2.32. The quantitative estimate of drug-likeness (QED) is 0.604. The molecule has 0 bridgehead atoms. The van der Waals surface area contributed by atoms with Crippen LogP contribution in [0, 0.1) is 12.8 Å². The van der Waals surface area contributed by atoms with E-state index in [0.29, 0.717) is 62.8 Å². The second kappa shape index (κ2) is 8.10. The molecular weight excluding hydrogens is 392 g/mol. The van der Waals surface area contributed by atoms with E-state index in [1.165, 1.54) is 0 Å². The lowest BCUT2D eigenvalue weighted by Crippen LogP contribution is -2.41. The SMILES string of the molecule is Cc1cc2ccccc2n1CC(=O)N1CCC(C(=O)c2ccc3c(c2)OCCO3)CC1. The van der Waals surface area contributed by atoms with Gasteiger partial charge < -0.3 is 18.9 Å². The summed E-state index contributed by atoms with van der Waals surface area (Å²) in [7, 11) is 0. The molecule has 6 nitrogen and oxygen atoms in total. The third-order valence-electron chi connectivity index (χ3n) is 6.36. The van der Waals surface area contributed by atoms with Gasteiger partial charge in [-0.2, -0.15) is 0 Å². The number of ether oxygens (including phenoxy) is 2. The second-order valence-electron chi connectivity index (χ2n) is 8.31. The summed E-state index contributed by atoms with van der Waals surface area (Å²) in [4.78, 5) is 27.9. The minimum absolute atomic E-state index is 0.0687. The number of Topliss-reactive ketones (excluding diaryl/α,β-unsaturated/α-hetero) is 1. The van der Waals surface area contributed by atoms with Crippen LogP contribution in [-0.2, 0) is 11.3 Å². The summed E-state index contributed by atoms with van der Waals surface area (Å²) in [5.74, 6) is 1.49. The highest BCUT2D eigenvalue weighted by Crippen LogP contribution is 2.32. The van der Waals surface area contributed by atoms with Crippen LogP contribution in [0.15, 0.2) is 48.5 Å². The molecule has 0 spiro atoms. The molecule has 5 rings (SSSR count). The highest BCUT2D eigenvalue weighted by atomic mass is 16.6. The Hall–Kier alpha value is -3.28. The zero-order valence-electron chi connectivity index (χ0n) is 17.7. The maximum absolute atomic E-state index is 13.0. The van der Waals surface area contributed by atoms with Crippen molar-refractivity contribution in [1.82, 2.24) is 9.47 Å². The molecule has 1 amide bonds. The summed E-state index contributed by atoms with van der Waals surface area (Å²) in [5, 5.41) is 1.15. The molecule has 1 fully saturated rings. The predicted molar refractivity (Wildman–Crippen MR) is 118 cm³/mol. The Morgan fingerprint density at radius 1 is 0.968 bits per heavy atom. The first-order valence-corrected chi connectivity index (χ1v) is 10.9. The molecule has 0 saturated carbocycles. The van der Waals surface area contributed by atoms with E-state index in [4.69, 9.17) is 9.47 Å². The average molecular weight is 418 g/mol. The summed E-state index contributed by atoms with van der Waals surface area (Å²) in [5.41, 5.74) is 2.82. The predicted octanol–water partition coefficient (Wildman–Crippen LogP) is 3.84. The smallest absolute Gasteiger partial charge is 0.242 e. The number of carbonyl (C=O) groups excluding carboxylic acids is 2. The van der Waals surface area contributed by atoms with E-state index in [-0.39, 0.29) is 17.6 Å². The topological polar surface area (TPSA) is 60.8 Å². The molecule has 1 aromatic heterocycles. The standard InChI is InChI=1S/C25H26N2O4/c1-17-14-19-4-2-3-5-21(19)27(17)16-24(28)26-10-8-18(9-11-26)25(29)20-6-7-22-23(15-20)31-13-12-30-22/h2-7,14-15,18H,8-13,16H2,1H3. The minimum atomic E-state index is -0.0687. The number of benzene rings is 2. The molecule has 0 aliphatic carbocycles. The molecule has 1 saturated heterocycles. The molecule has 0 radical (unpaired) electrons.